The van der Waals surface area contributed by atoms with Crippen LogP contribution in [0, 0.1) is 6.92 Å². The lowest BCUT2D eigenvalue weighted by atomic mass is 10.1. The van der Waals surface area contributed by atoms with Gasteiger partial charge < -0.3 is 9.80 Å². The van der Waals surface area contributed by atoms with Gasteiger partial charge in [-0.05, 0) is 31.0 Å². The van der Waals surface area contributed by atoms with Crippen molar-refractivity contribution in [3.8, 4) is 0 Å². The summed E-state index contributed by atoms with van der Waals surface area (Å²) in [6, 6.07) is 19.6. The number of hydrogen-bond donors (Lipinski definition) is 0. The molecule has 1 saturated heterocycles. The molecule has 0 spiro atoms. The number of piperazine rings is 1. The lowest BCUT2D eigenvalue weighted by Gasteiger charge is -2.37. The lowest BCUT2D eigenvalue weighted by Crippen LogP contribution is -2.47. The second-order valence-corrected chi connectivity index (χ2v) is 8.13. The Bertz CT molecular complexity index is 736. The summed E-state index contributed by atoms with van der Waals surface area (Å²) >= 11 is 1.97. The van der Waals surface area contributed by atoms with Crippen LogP contribution in [-0.4, -0.2) is 48.0 Å². The minimum atomic E-state index is 0.587. The maximum Gasteiger partial charge on any atom is 0.159 e. The molecule has 0 aromatic heterocycles. The molecule has 1 atom stereocenters. The van der Waals surface area contributed by atoms with Crippen molar-refractivity contribution in [2.45, 2.75) is 18.6 Å². The highest BCUT2D eigenvalue weighted by Gasteiger charge is 2.26. The van der Waals surface area contributed by atoms with Gasteiger partial charge in [-0.15, -0.1) is 0 Å². The van der Waals surface area contributed by atoms with E-state index < -0.39 is 0 Å². The van der Waals surface area contributed by atoms with E-state index >= 15 is 0 Å². The van der Waals surface area contributed by atoms with E-state index in [2.05, 4.69) is 71.3 Å². The van der Waals surface area contributed by atoms with Crippen LogP contribution >= 0.6 is 11.8 Å². The molecule has 0 saturated carbocycles. The molecule has 0 amide bonds. The van der Waals surface area contributed by atoms with E-state index in [4.69, 9.17) is 4.99 Å². The number of aliphatic imine (C=N–C) groups is 1. The highest BCUT2D eigenvalue weighted by atomic mass is 32.2. The molecule has 2 heterocycles. The van der Waals surface area contributed by atoms with Gasteiger partial charge in [-0.2, -0.15) is 0 Å². The standard InChI is InChI=1S/C21H25N3S/c1-17-6-5-7-18(14-17)15-20-16-22-21(25-20)24-12-10-23(11-13-24)19-8-3-2-4-9-19/h2-9,14,20H,10-13,15-16H2,1H3/t20-/m1/s1. The molecular weight excluding hydrogens is 326 g/mol. The summed E-state index contributed by atoms with van der Waals surface area (Å²) in [5, 5.41) is 1.84. The van der Waals surface area contributed by atoms with Crippen LogP contribution in [0.4, 0.5) is 5.69 Å². The van der Waals surface area contributed by atoms with E-state index in [9.17, 15) is 0 Å². The Hall–Kier alpha value is -1.94. The average Bonchev–Trinajstić information content (AvgIpc) is 3.11. The molecule has 3 nitrogen and oxygen atoms in total. The molecule has 130 valence electrons. The predicted molar refractivity (Wildman–Crippen MR) is 109 cm³/mol. The van der Waals surface area contributed by atoms with Crippen LogP contribution < -0.4 is 4.90 Å². The summed E-state index contributed by atoms with van der Waals surface area (Å²) in [6.45, 7) is 7.40. The average molecular weight is 352 g/mol. The zero-order chi connectivity index (χ0) is 17.1. The van der Waals surface area contributed by atoms with Crippen LogP contribution in [0.1, 0.15) is 11.1 Å². The second-order valence-electron chi connectivity index (χ2n) is 6.87. The van der Waals surface area contributed by atoms with Gasteiger partial charge in [0.2, 0.25) is 0 Å². The molecule has 0 aliphatic carbocycles. The highest BCUT2D eigenvalue weighted by Crippen LogP contribution is 2.28. The number of aryl methyl sites for hydroxylation is 1. The minimum Gasteiger partial charge on any atom is -0.368 e. The molecular formula is C21H25N3S. The first kappa shape index (κ1) is 16.5. The number of nitrogens with zero attached hydrogens (tertiary/aromatic N) is 3. The molecule has 4 rings (SSSR count). The third-order valence-electron chi connectivity index (χ3n) is 4.92. The fourth-order valence-electron chi connectivity index (χ4n) is 3.58. The molecule has 4 heteroatoms. The molecule has 0 unspecified atom stereocenters. The van der Waals surface area contributed by atoms with Gasteiger partial charge in [-0.3, -0.25) is 4.99 Å². The maximum absolute atomic E-state index is 4.84. The van der Waals surface area contributed by atoms with Gasteiger partial charge in [0.1, 0.15) is 0 Å². The topological polar surface area (TPSA) is 18.8 Å². The van der Waals surface area contributed by atoms with Crippen LogP contribution in [-0.2, 0) is 6.42 Å². The van der Waals surface area contributed by atoms with Crippen molar-refractivity contribution in [1.29, 1.82) is 0 Å². The Morgan fingerprint density at radius 3 is 2.48 bits per heavy atom. The van der Waals surface area contributed by atoms with E-state index in [-0.39, 0.29) is 0 Å². The van der Waals surface area contributed by atoms with E-state index in [1.165, 1.54) is 22.0 Å². The van der Waals surface area contributed by atoms with Crippen molar-refractivity contribution in [3.05, 3.63) is 65.7 Å². The van der Waals surface area contributed by atoms with Gasteiger partial charge >= 0.3 is 0 Å². The first-order valence-electron chi connectivity index (χ1n) is 9.09. The van der Waals surface area contributed by atoms with Crippen LogP contribution in [0.15, 0.2) is 59.6 Å². The lowest BCUT2D eigenvalue weighted by molar-refractivity contribution is 0.392. The third-order valence-corrected chi connectivity index (χ3v) is 6.17. The van der Waals surface area contributed by atoms with E-state index in [1.807, 2.05) is 11.8 Å². The van der Waals surface area contributed by atoms with Crippen LogP contribution in [0.2, 0.25) is 0 Å². The number of hydrogen-bond acceptors (Lipinski definition) is 4. The Morgan fingerprint density at radius 1 is 0.960 bits per heavy atom. The zero-order valence-electron chi connectivity index (χ0n) is 14.8. The number of benzene rings is 2. The molecule has 1 fully saturated rings. The summed E-state index contributed by atoms with van der Waals surface area (Å²) in [6.07, 6.45) is 1.11. The van der Waals surface area contributed by atoms with Gasteiger partial charge in [0, 0.05) is 37.1 Å². The molecule has 0 N–H and O–H groups in total. The number of rotatable bonds is 3. The Labute approximate surface area is 154 Å². The molecule has 2 aromatic rings. The van der Waals surface area contributed by atoms with Crippen molar-refractivity contribution < 1.29 is 0 Å². The quantitative estimate of drug-likeness (QED) is 0.837. The Kier molecular flexibility index (Phi) is 4.97. The van der Waals surface area contributed by atoms with Crippen LogP contribution in [0.5, 0.6) is 0 Å². The van der Waals surface area contributed by atoms with Gasteiger partial charge in [0.15, 0.2) is 5.17 Å². The third kappa shape index (κ3) is 4.01. The zero-order valence-corrected chi connectivity index (χ0v) is 15.6. The Balaban J connectivity index is 1.29. The fraction of sp³-hybridized carbons (Fsp3) is 0.381. The summed E-state index contributed by atoms with van der Waals surface area (Å²) in [7, 11) is 0. The van der Waals surface area contributed by atoms with Crippen molar-refractivity contribution in [2.75, 3.05) is 37.6 Å². The monoisotopic (exact) mass is 351 g/mol. The number of para-hydroxylation sites is 1. The first-order chi connectivity index (χ1) is 12.3. The maximum atomic E-state index is 4.84. The molecule has 0 bridgehead atoms. The molecule has 25 heavy (non-hydrogen) atoms. The first-order valence-corrected chi connectivity index (χ1v) is 9.97. The minimum absolute atomic E-state index is 0.587. The largest absolute Gasteiger partial charge is 0.368 e. The summed E-state index contributed by atoms with van der Waals surface area (Å²) in [5.41, 5.74) is 4.11. The van der Waals surface area contributed by atoms with Crippen molar-refractivity contribution in [2.24, 2.45) is 4.99 Å². The number of amidine groups is 1. The molecule has 2 aliphatic heterocycles. The molecule has 2 aromatic carbocycles. The van der Waals surface area contributed by atoms with Gasteiger partial charge in [-0.1, -0.05) is 59.8 Å². The van der Waals surface area contributed by atoms with Crippen LogP contribution in [0.3, 0.4) is 0 Å². The van der Waals surface area contributed by atoms with Gasteiger partial charge in [-0.25, -0.2) is 0 Å². The summed E-state index contributed by atoms with van der Waals surface area (Å²) in [4.78, 5) is 9.79. The van der Waals surface area contributed by atoms with E-state index in [0.29, 0.717) is 5.25 Å². The van der Waals surface area contributed by atoms with Crippen molar-refractivity contribution >= 4 is 22.6 Å². The highest BCUT2D eigenvalue weighted by molar-refractivity contribution is 8.14. The smallest absolute Gasteiger partial charge is 0.159 e. The SMILES string of the molecule is Cc1cccc(C[C@@H]2CN=C(N3CCN(c4ccccc4)CC3)S2)c1. The summed E-state index contributed by atoms with van der Waals surface area (Å²) in [5.74, 6) is 0. The second kappa shape index (κ2) is 7.52. The molecule has 2 aliphatic rings. The van der Waals surface area contributed by atoms with Crippen molar-refractivity contribution in [3.63, 3.8) is 0 Å². The Morgan fingerprint density at radius 2 is 1.72 bits per heavy atom. The van der Waals surface area contributed by atoms with Crippen molar-refractivity contribution in [1.82, 2.24) is 4.90 Å². The normalized spacial score (nSPS) is 20.7. The fourth-order valence-corrected chi connectivity index (χ4v) is 4.78. The van der Waals surface area contributed by atoms with E-state index in [1.54, 1.807) is 0 Å². The van der Waals surface area contributed by atoms with Crippen LogP contribution in [0.25, 0.3) is 0 Å². The van der Waals surface area contributed by atoms with Gasteiger partial charge in [0.25, 0.3) is 0 Å². The van der Waals surface area contributed by atoms with Gasteiger partial charge in [0.05, 0.1) is 6.54 Å². The predicted octanol–water partition coefficient (Wildman–Crippen LogP) is 3.83. The van der Waals surface area contributed by atoms with E-state index in [0.717, 1.165) is 39.1 Å². The number of thioether (sulfide) groups is 1. The summed E-state index contributed by atoms with van der Waals surface area (Å²) < 4.78 is 0. The molecule has 0 radical (unpaired) electrons. The number of anilines is 1.